The van der Waals surface area contributed by atoms with Crippen LogP contribution in [-0.4, -0.2) is 0 Å². The molecule has 0 aliphatic rings. The van der Waals surface area contributed by atoms with E-state index in [2.05, 4.69) is 79.6 Å². The van der Waals surface area contributed by atoms with E-state index in [1.807, 2.05) is 18.2 Å². The fraction of sp³-hybridized carbons (Fsp3) is 0.143. The predicted octanol–water partition coefficient (Wildman–Crippen LogP) is 5.51. The lowest BCUT2D eigenvalue weighted by Gasteiger charge is -2.12. The summed E-state index contributed by atoms with van der Waals surface area (Å²) in [6.07, 6.45) is 0. The van der Waals surface area contributed by atoms with Gasteiger partial charge in [0, 0.05) is 8.95 Å². The fourth-order valence-corrected chi connectivity index (χ4v) is 2.04. The van der Waals surface area contributed by atoms with Crippen molar-refractivity contribution in [3.63, 3.8) is 0 Å². The van der Waals surface area contributed by atoms with Gasteiger partial charge in [-0.1, -0.05) is 53.9 Å². The molecule has 0 aliphatic carbocycles. The Morgan fingerprint density at radius 2 is 1.50 bits per heavy atom. The highest BCUT2D eigenvalue weighted by Gasteiger charge is 2.20. The zero-order chi connectivity index (χ0) is 9.35. The van der Waals surface area contributed by atoms with Gasteiger partial charge in [-0.3, -0.25) is 0 Å². The number of benzene rings is 1. The fourth-order valence-electron chi connectivity index (χ4n) is 0.672. The molecule has 0 saturated carbocycles. The van der Waals surface area contributed by atoms with Crippen molar-refractivity contribution in [2.24, 2.45) is 0 Å². The average Bonchev–Trinajstić information content (AvgIpc) is 1.92. The van der Waals surface area contributed by atoms with E-state index in [1.165, 1.54) is 0 Å². The van der Waals surface area contributed by atoms with Crippen molar-refractivity contribution in [1.82, 2.24) is 0 Å². The molecule has 5 heteroatoms. The molecular formula is C7H3Br5. The molecule has 1 aromatic rings. The van der Waals surface area contributed by atoms with Crippen molar-refractivity contribution < 1.29 is 0 Å². The molecule has 1 rings (SSSR count). The summed E-state index contributed by atoms with van der Waals surface area (Å²) < 4.78 is 1.74. The minimum Gasteiger partial charge on any atom is -0.0547 e. The molecule has 0 atom stereocenters. The van der Waals surface area contributed by atoms with Gasteiger partial charge < -0.3 is 0 Å². The topological polar surface area (TPSA) is 0 Å². The molecule has 0 spiro atoms. The number of alkyl halides is 3. The van der Waals surface area contributed by atoms with Gasteiger partial charge in [0.15, 0.2) is 2.14 Å². The molecule has 0 aliphatic heterocycles. The molecule has 0 N–H and O–H groups in total. The minimum atomic E-state index is -0.337. The van der Waals surface area contributed by atoms with Crippen LogP contribution in [0.4, 0.5) is 0 Å². The molecule has 1 aromatic carbocycles. The molecule has 0 saturated heterocycles. The van der Waals surface area contributed by atoms with E-state index < -0.39 is 0 Å². The molecule has 12 heavy (non-hydrogen) atoms. The Balaban J connectivity index is 3.14. The van der Waals surface area contributed by atoms with Gasteiger partial charge >= 0.3 is 0 Å². The number of hydrogen-bond acceptors (Lipinski definition) is 0. The van der Waals surface area contributed by atoms with Crippen molar-refractivity contribution >= 4 is 79.6 Å². The summed E-state index contributed by atoms with van der Waals surface area (Å²) in [5.74, 6) is 0. The molecule has 0 unspecified atom stereocenters. The maximum absolute atomic E-state index is 3.44. The molecule has 0 nitrogen and oxygen atoms in total. The quantitative estimate of drug-likeness (QED) is 0.425. The third-order valence-electron chi connectivity index (χ3n) is 1.25. The average molecular weight is 487 g/mol. The molecular weight excluding hydrogens is 484 g/mol. The van der Waals surface area contributed by atoms with Crippen molar-refractivity contribution in [1.29, 1.82) is 0 Å². The summed E-state index contributed by atoms with van der Waals surface area (Å²) in [5.41, 5.74) is 1.09. The second kappa shape index (κ2) is 4.43. The summed E-state index contributed by atoms with van der Waals surface area (Å²) >= 11 is 17.2. The van der Waals surface area contributed by atoms with Crippen LogP contribution in [0.1, 0.15) is 5.56 Å². The highest BCUT2D eigenvalue weighted by atomic mass is 80.0. The summed E-state index contributed by atoms with van der Waals surface area (Å²) in [5, 5.41) is 0. The van der Waals surface area contributed by atoms with Gasteiger partial charge in [0.25, 0.3) is 0 Å². The Kier molecular flexibility index (Phi) is 4.31. The van der Waals surface area contributed by atoms with Crippen LogP contribution in [0.5, 0.6) is 0 Å². The van der Waals surface area contributed by atoms with Crippen molar-refractivity contribution in [3.8, 4) is 0 Å². The van der Waals surface area contributed by atoms with E-state index in [9.17, 15) is 0 Å². The minimum absolute atomic E-state index is 0.337. The summed E-state index contributed by atoms with van der Waals surface area (Å²) in [6.45, 7) is 0. The van der Waals surface area contributed by atoms with Gasteiger partial charge in [0.05, 0.1) is 0 Å². The lowest BCUT2D eigenvalue weighted by atomic mass is 10.2. The zero-order valence-corrected chi connectivity index (χ0v) is 13.6. The van der Waals surface area contributed by atoms with Crippen LogP contribution in [0.2, 0.25) is 0 Å². The maximum Gasteiger partial charge on any atom is 0.159 e. The molecule has 0 bridgehead atoms. The van der Waals surface area contributed by atoms with Crippen molar-refractivity contribution in [2.45, 2.75) is 2.14 Å². The van der Waals surface area contributed by atoms with E-state index in [-0.39, 0.29) is 2.14 Å². The first kappa shape index (κ1) is 11.7. The van der Waals surface area contributed by atoms with E-state index in [0.29, 0.717) is 0 Å². The Hall–Kier alpha value is 1.62. The molecule has 0 amide bonds. The van der Waals surface area contributed by atoms with Gasteiger partial charge in [-0.2, -0.15) is 0 Å². The Morgan fingerprint density at radius 1 is 0.917 bits per heavy atom. The third-order valence-corrected chi connectivity index (χ3v) is 4.50. The van der Waals surface area contributed by atoms with Crippen molar-refractivity contribution in [2.75, 3.05) is 0 Å². The first-order valence-corrected chi connectivity index (χ1v) is 6.90. The van der Waals surface area contributed by atoms with E-state index >= 15 is 0 Å². The summed E-state index contributed by atoms with van der Waals surface area (Å²) in [4.78, 5) is 0. The van der Waals surface area contributed by atoms with E-state index in [0.717, 1.165) is 14.5 Å². The summed E-state index contributed by atoms with van der Waals surface area (Å²) in [6, 6.07) is 6.01. The van der Waals surface area contributed by atoms with Crippen LogP contribution >= 0.6 is 79.6 Å². The Bertz CT molecular complexity index is 288. The van der Waals surface area contributed by atoms with Gasteiger partial charge in [-0.25, -0.2) is 0 Å². The summed E-state index contributed by atoms with van der Waals surface area (Å²) in [7, 11) is 0. The first-order chi connectivity index (χ1) is 5.41. The number of rotatable bonds is 0. The highest BCUT2D eigenvalue weighted by Crippen LogP contribution is 2.45. The van der Waals surface area contributed by atoms with E-state index in [4.69, 9.17) is 0 Å². The van der Waals surface area contributed by atoms with Crippen LogP contribution in [0, 0.1) is 0 Å². The smallest absolute Gasteiger partial charge is 0.0547 e. The van der Waals surface area contributed by atoms with Gasteiger partial charge in [-0.15, -0.1) is 0 Å². The Morgan fingerprint density at radius 3 is 1.92 bits per heavy atom. The van der Waals surface area contributed by atoms with Crippen molar-refractivity contribution in [3.05, 3.63) is 32.7 Å². The SMILES string of the molecule is Brc1ccc(C(Br)(Br)Br)cc1Br. The van der Waals surface area contributed by atoms with Crippen LogP contribution < -0.4 is 0 Å². The highest BCUT2D eigenvalue weighted by molar-refractivity contribution is 9.38. The van der Waals surface area contributed by atoms with Gasteiger partial charge in [0.1, 0.15) is 0 Å². The molecule has 66 valence electrons. The third kappa shape index (κ3) is 3.08. The van der Waals surface area contributed by atoms with Crippen LogP contribution in [0.3, 0.4) is 0 Å². The molecule has 0 fully saturated rings. The van der Waals surface area contributed by atoms with Crippen LogP contribution in [0.25, 0.3) is 0 Å². The number of hydrogen-bond donors (Lipinski definition) is 0. The van der Waals surface area contributed by atoms with Gasteiger partial charge in [0.2, 0.25) is 0 Å². The Labute approximate surface area is 113 Å². The molecule has 0 aromatic heterocycles. The standard InChI is InChI=1S/C7H3Br5/c8-5-2-1-4(3-6(5)9)7(10,11)12/h1-3H. The van der Waals surface area contributed by atoms with Crippen LogP contribution in [-0.2, 0) is 2.14 Å². The molecule has 0 heterocycles. The van der Waals surface area contributed by atoms with Gasteiger partial charge in [-0.05, 0) is 49.6 Å². The largest absolute Gasteiger partial charge is 0.159 e. The van der Waals surface area contributed by atoms with E-state index in [1.54, 1.807) is 0 Å². The maximum atomic E-state index is 3.44. The molecule has 0 radical (unpaired) electrons. The lowest BCUT2D eigenvalue weighted by molar-refractivity contribution is 1.35. The zero-order valence-electron chi connectivity index (χ0n) is 5.62. The normalized spacial score (nSPS) is 11.8. The first-order valence-electron chi connectivity index (χ1n) is 2.93. The van der Waals surface area contributed by atoms with Crippen LogP contribution in [0.15, 0.2) is 27.1 Å². The lowest BCUT2D eigenvalue weighted by Crippen LogP contribution is -1.96. The second-order valence-electron chi connectivity index (χ2n) is 2.13. The monoisotopic (exact) mass is 482 g/mol. The number of halogens is 5. The second-order valence-corrected chi connectivity index (χ2v) is 10.6. The predicted molar refractivity (Wildman–Crippen MR) is 70.3 cm³/mol.